The zero-order valence-electron chi connectivity index (χ0n) is 20.0. The van der Waals surface area contributed by atoms with E-state index in [0.717, 1.165) is 38.4 Å². The van der Waals surface area contributed by atoms with Gasteiger partial charge in [0.15, 0.2) is 0 Å². The van der Waals surface area contributed by atoms with Crippen molar-refractivity contribution in [3.05, 3.63) is 71.3 Å². The van der Waals surface area contributed by atoms with Crippen LogP contribution in [0.2, 0.25) is 0 Å². The van der Waals surface area contributed by atoms with Gasteiger partial charge in [0.1, 0.15) is 0 Å². The number of unbranched alkanes of at least 4 members (excludes halogenated alkanes) is 1. The van der Waals surface area contributed by atoms with Crippen molar-refractivity contribution in [2.24, 2.45) is 0 Å². The Labute approximate surface area is 206 Å². The highest BCUT2D eigenvalue weighted by molar-refractivity contribution is 7.99. The number of benzene rings is 2. The number of carboxylic acids is 2. The van der Waals surface area contributed by atoms with Crippen molar-refractivity contribution < 1.29 is 24.6 Å². The summed E-state index contributed by atoms with van der Waals surface area (Å²) in [6, 6.07) is 19.1. The predicted octanol–water partition coefficient (Wildman–Crippen LogP) is 4.19. The van der Waals surface area contributed by atoms with Gasteiger partial charge in [-0.2, -0.15) is 0 Å². The minimum Gasteiger partial charge on any atom is -0.473 e. The van der Waals surface area contributed by atoms with E-state index in [4.69, 9.17) is 19.8 Å². The number of carbonyl (C=O) groups excluding carboxylic acids is 1. The molecule has 0 spiro atoms. The van der Waals surface area contributed by atoms with Gasteiger partial charge in [0.2, 0.25) is 5.91 Å². The lowest BCUT2D eigenvalue weighted by Crippen LogP contribution is -2.31. The summed E-state index contributed by atoms with van der Waals surface area (Å²) in [5.41, 5.74) is 3.90. The van der Waals surface area contributed by atoms with Gasteiger partial charge in [-0.3, -0.25) is 9.69 Å². The van der Waals surface area contributed by atoms with Gasteiger partial charge in [0.05, 0.1) is 5.75 Å². The van der Waals surface area contributed by atoms with Crippen LogP contribution >= 0.6 is 11.8 Å². The van der Waals surface area contributed by atoms with Gasteiger partial charge in [-0.15, -0.1) is 11.8 Å². The highest BCUT2D eigenvalue weighted by atomic mass is 32.2. The summed E-state index contributed by atoms with van der Waals surface area (Å²) in [6.07, 6.45) is 3.42. The molecule has 0 saturated heterocycles. The first kappa shape index (κ1) is 29.2. The third-order valence-electron chi connectivity index (χ3n) is 4.86. The van der Waals surface area contributed by atoms with Crippen molar-refractivity contribution in [3.63, 3.8) is 0 Å². The van der Waals surface area contributed by atoms with Gasteiger partial charge in [0.25, 0.3) is 0 Å². The molecule has 0 aromatic heterocycles. The fourth-order valence-corrected chi connectivity index (χ4v) is 3.84. The van der Waals surface area contributed by atoms with Gasteiger partial charge in [-0.1, -0.05) is 73.5 Å². The van der Waals surface area contributed by atoms with E-state index in [0.29, 0.717) is 5.75 Å². The number of thioether (sulfide) groups is 1. The molecule has 186 valence electrons. The Morgan fingerprint density at radius 3 is 2.09 bits per heavy atom. The molecule has 2 aromatic rings. The molecule has 1 amide bonds. The van der Waals surface area contributed by atoms with Crippen LogP contribution in [-0.2, 0) is 26.7 Å². The molecule has 34 heavy (non-hydrogen) atoms. The Balaban J connectivity index is 0.000000852. The molecule has 8 heteroatoms. The molecule has 0 heterocycles. The van der Waals surface area contributed by atoms with Crippen molar-refractivity contribution in [1.29, 1.82) is 0 Å². The first-order valence-corrected chi connectivity index (χ1v) is 12.6. The summed E-state index contributed by atoms with van der Waals surface area (Å²) >= 11 is 1.68. The number of hydrogen-bond acceptors (Lipinski definition) is 5. The molecule has 3 N–H and O–H groups in total. The zero-order chi connectivity index (χ0) is 25.2. The number of carbonyl (C=O) groups is 3. The van der Waals surface area contributed by atoms with Gasteiger partial charge in [-0.25, -0.2) is 9.59 Å². The Bertz CT molecular complexity index is 847. The maximum atomic E-state index is 12.0. The predicted molar refractivity (Wildman–Crippen MR) is 137 cm³/mol. The topological polar surface area (TPSA) is 107 Å². The van der Waals surface area contributed by atoms with E-state index >= 15 is 0 Å². The molecule has 0 aliphatic carbocycles. The second-order valence-electron chi connectivity index (χ2n) is 7.91. The van der Waals surface area contributed by atoms with Crippen molar-refractivity contribution in [1.82, 2.24) is 10.2 Å². The Kier molecular flexibility index (Phi) is 15.1. The van der Waals surface area contributed by atoms with Gasteiger partial charge in [0, 0.05) is 25.4 Å². The van der Waals surface area contributed by atoms with Gasteiger partial charge in [-0.05, 0) is 37.4 Å². The number of nitrogens with one attached hydrogen (secondary N) is 1. The molecule has 0 bridgehead atoms. The average molecular weight is 489 g/mol. The quantitative estimate of drug-likeness (QED) is 0.287. The highest BCUT2D eigenvalue weighted by Crippen LogP contribution is 2.12. The zero-order valence-corrected chi connectivity index (χ0v) is 20.9. The average Bonchev–Trinajstić information content (AvgIpc) is 2.82. The summed E-state index contributed by atoms with van der Waals surface area (Å²) in [5, 5.41) is 17.8. The molecule has 0 aliphatic rings. The number of hydrogen-bond donors (Lipinski definition) is 3. The molecule has 2 aromatic carbocycles. The number of aryl methyl sites for hydroxylation is 1. The number of rotatable bonds is 13. The van der Waals surface area contributed by atoms with E-state index in [1.807, 2.05) is 0 Å². The lowest BCUT2D eigenvalue weighted by molar-refractivity contribution is -0.159. The van der Waals surface area contributed by atoms with E-state index < -0.39 is 11.9 Å². The molecule has 0 atom stereocenters. The Hall–Kier alpha value is -2.84. The van der Waals surface area contributed by atoms with Crippen LogP contribution in [-0.4, -0.2) is 58.3 Å². The monoisotopic (exact) mass is 488 g/mol. The number of amides is 1. The summed E-state index contributed by atoms with van der Waals surface area (Å²) in [4.78, 5) is 32.7. The number of carboxylic acid groups (broad SMARTS) is 2. The minimum absolute atomic E-state index is 0.139. The van der Waals surface area contributed by atoms with Crippen molar-refractivity contribution in [3.8, 4) is 0 Å². The molecule has 0 unspecified atom stereocenters. The lowest BCUT2D eigenvalue weighted by Gasteiger charge is -2.22. The van der Waals surface area contributed by atoms with E-state index in [1.54, 1.807) is 11.8 Å². The Morgan fingerprint density at radius 2 is 1.50 bits per heavy atom. The molecule has 7 nitrogen and oxygen atoms in total. The van der Waals surface area contributed by atoms with Gasteiger partial charge < -0.3 is 15.5 Å². The molecule has 0 radical (unpaired) electrons. The molecular formula is C26H36N2O5S. The summed E-state index contributed by atoms with van der Waals surface area (Å²) in [5.74, 6) is -2.10. The third-order valence-corrected chi connectivity index (χ3v) is 5.86. The van der Waals surface area contributed by atoms with Crippen molar-refractivity contribution in [2.45, 2.75) is 45.4 Å². The van der Waals surface area contributed by atoms with Crippen LogP contribution in [0, 0.1) is 6.92 Å². The number of aliphatic carboxylic acids is 2. The summed E-state index contributed by atoms with van der Waals surface area (Å²) < 4.78 is 0. The molecule has 0 saturated carbocycles. The van der Waals surface area contributed by atoms with Crippen LogP contribution < -0.4 is 5.32 Å². The summed E-state index contributed by atoms with van der Waals surface area (Å²) in [6.45, 7) is 8.20. The van der Waals surface area contributed by atoms with E-state index in [1.165, 1.54) is 29.5 Å². The Morgan fingerprint density at radius 1 is 0.882 bits per heavy atom. The maximum Gasteiger partial charge on any atom is 0.414 e. The SMILES string of the molecule is CCCCN(CCCNC(=O)CSCc1ccc(C)cc1)Cc1ccccc1.O=C(O)C(=O)O. The van der Waals surface area contributed by atoms with Crippen LogP contribution in [0.25, 0.3) is 0 Å². The molecule has 0 aliphatic heterocycles. The second kappa shape index (κ2) is 17.6. The molecule has 0 fully saturated rings. The van der Waals surface area contributed by atoms with Crippen LogP contribution in [0.15, 0.2) is 54.6 Å². The molecule has 2 rings (SSSR count). The van der Waals surface area contributed by atoms with Crippen molar-refractivity contribution >= 4 is 29.6 Å². The number of nitrogens with zero attached hydrogens (tertiary/aromatic N) is 1. The maximum absolute atomic E-state index is 12.0. The second-order valence-corrected chi connectivity index (χ2v) is 8.89. The standard InChI is InChI=1S/C24H34N2OS.C2H2O4/c1-3-4-16-26(18-22-9-6-5-7-10-22)17-8-15-25-24(27)20-28-19-23-13-11-21(2)12-14-23;3-1(4)2(5)6/h5-7,9-14H,3-4,8,15-20H2,1-2H3,(H,25,27);(H,3,4)(H,5,6). The largest absolute Gasteiger partial charge is 0.473 e. The molecular weight excluding hydrogens is 452 g/mol. The van der Waals surface area contributed by atoms with Crippen molar-refractivity contribution in [2.75, 3.05) is 25.4 Å². The van der Waals surface area contributed by atoms with E-state index in [9.17, 15) is 4.79 Å². The summed E-state index contributed by atoms with van der Waals surface area (Å²) in [7, 11) is 0. The van der Waals surface area contributed by atoms with Gasteiger partial charge >= 0.3 is 11.9 Å². The smallest absolute Gasteiger partial charge is 0.414 e. The minimum atomic E-state index is -1.82. The van der Waals surface area contributed by atoms with Crippen LogP contribution in [0.4, 0.5) is 0 Å². The van der Waals surface area contributed by atoms with Crippen LogP contribution in [0.3, 0.4) is 0 Å². The third kappa shape index (κ3) is 14.3. The highest BCUT2D eigenvalue weighted by Gasteiger charge is 2.07. The normalized spacial score (nSPS) is 10.3. The lowest BCUT2D eigenvalue weighted by atomic mass is 10.2. The van der Waals surface area contributed by atoms with Crippen LogP contribution in [0.5, 0.6) is 0 Å². The van der Waals surface area contributed by atoms with Crippen LogP contribution in [0.1, 0.15) is 42.9 Å². The first-order chi connectivity index (χ1) is 16.3. The fourth-order valence-electron chi connectivity index (χ4n) is 3.02. The fraction of sp³-hybridized carbons (Fsp3) is 0.423. The van der Waals surface area contributed by atoms with E-state index in [-0.39, 0.29) is 5.91 Å². The first-order valence-electron chi connectivity index (χ1n) is 11.4. The van der Waals surface area contributed by atoms with E-state index in [2.05, 4.69) is 78.7 Å².